The van der Waals surface area contributed by atoms with Crippen molar-refractivity contribution >= 4 is 44.7 Å². The molecule has 1 aromatic carbocycles. The number of aromatic nitrogens is 2. The van der Waals surface area contributed by atoms with E-state index < -0.39 is 0 Å². The summed E-state index contributed by atoms with van der Waals surface area (Å²) in [5.41, 5.74) is 2.24. The van der Waals surface area contributed by atoms with Crippen LogP contribution >= 0.6 is 22.9 Å². The van der Waals surface area contributed by atoms with Crippen LogP contribution in [0.1, 0.15) is 16.9 Å². The molecule has 2 heterocycles. The molecular formula is C16H14ClN3OS. The molecule has 112 valence electrons. The molecule has 0 fully saturated rings. The van der Waals surface area contributed by atoms with Crippen LogP contribution in [0.15, 0.2) is 24.3 Å². The number of methoxy groups -OCH3 is 1. The molecule has 4 nitrogen and oxygen atoms in total. The first kappa shape index (κ1) is 13.8. The lowest BCUT2D eigenvalue weighted by Gasteiger charge is -2.11. The van der Waals surface area contributed by atoms with E-state index in [0.29, 0.717) is 0 Å². The molecule has 0 bridgehead atoms. The summed E-state index contributed by atoms with van der Waals surface area (Å²) in [4.78, 5) is 11.2. The largest absolute Gasteiger partial charge is 0.495 e. The fourth-order valence-corrected chi connectivity index (χ4v) is 4.42. The second kappa shape index (κ2) is 5.41. The number of para-hydroxylation sites is 2. The maximum Gasteiger partial charge on any atom is 0.225 e. The number of halogens is 1. The highest BCUT2D eigenvalue weighted by Crippen LogP contribution is 2.41. The van der Waals surface area contributed by atoms with Crippen molar-refractivity contribution in [1.82, 2.24) is 9.97 Å². The average Bonchev–Trinajstić information content (AvgIpc) is 3.07. The Hall–Kier alpha value is -1.85. The van der Waals surface area contributed by atoms with Gasteiger partial charge < -0.3 is 10.1 Å². The predicted octanol–water partition coefficient (Wildman–Crippen LogP) is 4.59. The summed E-state index contributed by atoms with van der Waals surface area (Å²) in [6.07, 6.45) is 3.41. The van der Waals surface area contributed by atoms with E-state index in [1.54, 1.807) is 18.4 Å². The van der Waals surface area contributed by atoms with Gasteiger partial charge in [-0.3, -0.25) is 0 Å². The Kier molecular flexibility index (Phi) is 3.39. The lowest BCUT2D eigenvalue weighted by Crippen LogP contribution is -1.99. The molecule has 0 atom stereocenters. The third-order valence-corrected chi connectivity index (χ3v) is 5.25. The maximum absolute atomic E-state index is 6.10. The zero-order chi connectivity index (χ0) is 15.1. The smallest absolute Gasteiger partial charge is 0.225 e. The Labute approximate surface area is 137 Å². The molecule has 0 aliphatic heterocycles. The lowest BCUT2D eigenvalue weighted by atomic mass is 10.2. The molecule has 0 saturated carbocycles. The minimum atomic E-state index is 0.268. The van der Waals surface area contributed by atoms with E-state index in [-0.39, 0.29) is 5.28 Å². The molecule has 1 aliphatic rings. The summed E-state index contributed by atoms with van der Waals surface area (Å²) in [5, 5.41) is 4.74. The van der Waals surface area contributed by atoms with E-state index in [9.17, 15) is 0 Å². The van der Waals surface area contributed by atoms with Crippen LogP contribution in [0.4, 0.5) is 11.5 Å². The number of fused-ring (bicyclic) bond motifs is 3. The Bertz CT molecular complexity index is 862. The standard InChI is InChI=1S/C16H14ClN3OS/c1-21-11-7-3-2-6-10(11)18-14-13-9-5-4-8-12(9)22-15(13)20-16(17)19-14/h2-3,6-7H,4-5,8H2,1H3,(H,18,19,20). The van der Waals surface area contributed by atoms with Crippen LogP contribution in [-0.2, 0) is 12.8 Å². The second-order valence-corrected chi connectivity index (χ2v) is 6.63. The van der Waals surface area contributed by atoms with Crippen molar-refractivity contribution in [3.63, 3.8) is 0 Å². The summed E-state index contributed by atoms with van der Waals surface area (Å²) >= 11 is 7.83. The number of nitrogens with zero attached hydrogens (tertiary/aromatic N) is 2. The maximum atomic E-state index is 6.10. The summed E-state index contributed by atoms with van der Waals surface area (Å²) in [6.45, 7) is 0. The fraction of sp³-hybridized carbons (Fsp3) is 0.250. The molecule has 3 aromatic rings. The topological polar surface area (TPSA) is 47.0 Å². The fourth-order valence-electron chi connectivity index (χ4n) is 2.94. The van der Waals surface area contributed by atoms with Crippen LogP contribution < -0.4 is 10.1 Å². The first-order valence-corrected chi connectivity index (χ1v) is 8.33. The van der Waals surface area contributed by atoms with E-state index in [2.05, 4.69) is 15.3 Å². The molecule has 0 saturated heterocycles. The number of thiophene rings is 1. The summed E-state index contributed by atoms with van der Waals surface area (Å²) in [5.74, 6) is 1.54. The normalized spacial score (nSPS) is 13.4. The van der Waals surface area contributed by atoms with Crippen LogP contribution in [0.5, 0.6) is 5.75 Å². The molecule has 0 amide bonds. The molecule has 4 rings (SSSR count). The van der Waals surface area contributed by atoms with Crippen LogP contribution in [-0.4, -0.2) is 17.1 Å². The molecule has 1 N–H and O–H groups in total. The Morgan fingerprint density at radius 1 is 1.23 bits per heavy atom. The Morgan fingerprint density at radius 2 is 2.09 bits per heavy atom. The van der Waals surface area contributed by atoms with Gasteiger partial charge in [-0.15, -0.1) is 11.3 Å². The van der Waals surface area contributed by atoms with E-state index in [4.69, 9.17) is 16.3 Å². The highest BCUT2D eigenvalue weighted by atomic mass is 35.5. The molecule has 0 spiro atoms. The number of aryl methyl sites for hydroxylation is 2. The van der Waals surface area contributed by atoms with Gasteiger partial charge in [-0.05, 0) is 48.6 Å². The van der Waals surface area contributed by atoms with Crippen molar-refractivity contribution in [3.05, 3.63) is 40.0 Å². The molecule has 0 radical (unpaired) electrons. The van der Waals surface area contributed by atoms with Gasteiger partial charge in [-0.2, -0.15) is 4.98 Å². The van der Waals surface area contributed by atoms with Gasteiger partial charge in [-0.25, -0.2) is 4.98 Å². The lowest BCUT2D eigenvalue weighted by molar-refractivity contribution is 0.417. The van der Waals surface area contributed by atoms with Crippen molar-refractivity contribution in [3.8, 4) is 5.75 Å². The highest BCUT2D eigenvalue weighted by molar-refractivity contribution is 7.19. The van der Waals surface area contributed by atoms with E-state index in [0.717, 1.165) is 40.3 Å². The van der Waals surface area contributed by atoms with Crippen molar-refractivity contribution in [2.45, 2.75) is 19.3 Å². The predicted molar refractivity (Wildman–Crippen MR) is 90.7 cm³/mol. The Morgan fingerprint density at radius 3 is 2.95 bits per heavy atom. The monoisotopic (exact) mass is 331 g/mol. The van der Waals surface area contributed by atoms with Gasteiger partial charge in [0.2, 0.25) is 5.28 Å². The third kappa shape index (κ3) is 2.21. The van der Waals surface area contributed by atoms with Crippen LogP contribution in [0, 0.1) is 0 Å². The molecule has 2 aromatic heterocycles. The van der Waals surface area contributed by atoms with Crippen LogP contribution in [0.25, 0.3) is 10.2 Å². The number of nitrogens with one attached hydrogen (secondary N) is 1. The van der Waals surface area contributed by atoms with Gasteiger partial charge in [0.05, 0.1) is 18.2 Å². The first-order valence-electron chi connectivity index (χ1n) is 7.14. The van der Waals surface area contributed by atoms with Gasteiger partial charge in [0.15, 0.2) is 0 Å². The SMILES string of the molecule is COc1ccccc1Nc1nc(Cl)nc2sc3c(c12)CCC3. The minimum Gasteiger partial charge on any atom is -0.495 e. The zero-order valence-corrected chi connectivity index (χ0v) is 13.6. The van der Waals surface area contributed by atoms with Crippen molar-refractivity contribution in [2.24, 2.45) is 0 Å². The molecule has 6 heteroatoms. The number of benzene rings is 1. The highest BCUT2D eigenvalue weighted by Gasteiger charge is 2.22. The number of rotatable bonds is 3. The van der Waals surface area contributed by atoms with Gasteiger partial charge in [0.25, 0.3) is 0 Å². The summed E-state index contributed by atoms with van der Waals surface area (Å²) < 4.78 is 5.40. The summed E-state index contributed by atoms with van der Waals surface area (Å²) in [7, 11) is 1.66. The van der Waals surface area contributed by atoms with Crippen molar-refractivity contribution in [1.29, 1.82) is 0 Å². The average molecular weight is 332 g/mol. The first-order chi connectivity index (χ1) is 10.8. The number of anilines is 2. The number of ether oxygens (including phenoxy) is 1. The van der Waals surface area contributed by atoms with Crippen LogP contribution in [0.2, 0.25) is 5.28 Å². The second-order valence-electron chi connectivity index (χ2n) is 5.20. The van der Waals surface area contributed by atoms with Gasteiger partial charge in [-0.1, -0.05) is 12.1 Å². The zero-order valence-electron chi connectivity index (χ0n) is 12.0. The van der Waals surface area contributed by atoms with Crippen molar-refractivity contribution < 1.29 is 4.74 Å². The minimum absolute atomic E-state index is 0.268. The van der Waals surface area contributed by atoms with Gasteiger partial charge >= 0.3 is 0 Å². The molecular weight excluding hydrogens is 318 g/mol. The van der Waals surface area contributed by atoms with Gasteiger partial charge in [0.1, 0.15) is 16.4 Å². The van der Waals surface area contributed by atoms with E-state index in [1.807, 2.05) is 24.3 Å². The third-order valence-electron chi connectivity index (χ3n) is 3.90. The summed E-state index contributed by atoms with van der Waals surface area (Å²) in [6, 6.07) is 7.78. The van der Waals surface area contributed by atoms with Crippen molar-refractivity contribution in [2.75, 3.05) is 12.4 Å². The van der Waals surface area contributed by atoms with Gasteiger partial charge in [0, 0.05) is 4.88 Å². The molecule has 22 heavy (non-hydrogen) atoms. The molecule has 1 aliphatic carbocycles. The van der Waals surface area contributed by atoms with E-state index >= 15 is 0 Å². The Balaban J connectivity index is 1.87. The number of hydrogen-bond donors (Lipinski definition) is 1. The quantitative estimate of drug-likeness (QED) is 0.713. The number of hydrogen-bond acceptors (Lipinski definition) is 5. The van der Waals surface area contributed by atoms with E-state index in [1.165, 1.54) is 16.9 Å². The molecule has 0 unspecified atom stereocenters. The van der Waals surface area contributed by atoms with Crippen LogP contribution in [0.3, 0.4) is 0 Å².